The highest BCUT2D eigenvalue weighted by atomic mass is 35.5. The lowest BCUT2D eigenvalue weighted by molar-refractivity contribution is -0.0441. The van der Waals surface area contributed by atoms with Crippen LogP contribution in [-0.4, -0.2) is 44.6 Å². The van der Waals surface area contributed by atoms with Crippen LogP contribution in [0.15, 0.2) is 23.1 Å². The molecule has 0 saturated carbocycles. The lowest BCUT2D eigenvalue weighted by Gasteiger charge is -2.34. The fourth-order valence-corrected chi connectivity index (χ4v) is 4.41. The van der Waals surface area contributed by atoms with Gasteiger partial charge in [0.25, 0.3) is 0 Å². The van der Waals surface area contributed by atoms with E-state index in [-0.39, 0.29) is 17.1 Å². The van der Waals surface area contributed by atoms with Crippen LogP contribution in [0.2, 0.25) is 5.02 Å². The van der Waals surface area contributed by atoms with Crippen molar-refractivity contribution in [3.05, 3.63) is 23.2 Å². The number of sulfonamides is 1. The van der Waals surface area contributed by atoms with Gasteiger partial charge in [0.1, 0.15) is 10.6 Å². The van der Waals surface area contributed by atoms with E-state index in [4.69, 9.17) is 21.1 Å². The fourth-order valence-electron chi connectivity index (χ4n) is 2.42. The van der Waals surface area contributed by atoms with E-state index in [0.29, 0.717) is 30.5 Å². The summed E-state index contributed by atoms with van der Waals surface area (Å²) >= 11 is 5.96. The largest absolute Gasteiger partial charge is 0.492 e. The number of hydrogen-bond donors (Lipinski definition) is 0. The van der Waals surface area contributed by atoms with E-state index in [1.807, 2.05) is 20.8 Å². The molecule has 0 aromatic heterocycles. The Labute approximate surface area is 130 Å². The number of halogens is 1. The second-order valence-electron chi connectivity index (χ2n) is 5.10. The molecular weight excluding hydrogens is 314 g/mol. The standard InChI is InChI=1S/C14H20ClNO4S/c1-4-19-13-6-5-12(15)7-14(13)21(17,18)16-8-10(2)20-11(3)9-16/h5-7,10-11H,4,8-9H2,1-3H3/t10-,11-/m1/s1. The summed E-state index contributed by atoms with van der Waals surface area (Å²) in [6, 6.07) is 4.65. The van der Waals surface area contributed by atoms with Gasteiger partial charge < -0.3 is 9.47 Å². The number of nitrogens with zero attached hydrogens (tertiary/aromatic N) is 1. The molecule has 5 nitrogen and oxygen atoms in total. The van der Waals surface area contributed by atoms with Crippen molar-refractivity contribution >= 4 is 21.6 Å². The Morgan fingerprint density at radius 1 is 1.33 bits per heavy atom. The number of benzene rings is 1. The van der Waals surface area contributed by atoms with Crippen molar-refractivity contribution in [1.82, 2.24) is 4.31 Å². The zero-order valence-electron chi connectivity index (χ0n) is 12.4. The number of morpholine rings is 1. The van der Waals surface area contributed by atoms with Gasteiger partial charge in [-0.2, -0.15) is 4.31 Å². The lowest BCUT2D eigenvalue weighted by atomic mass is 10.3. The molecule has 2 rings (SSSR count). The van der Waals surface area contributed by atoms with Gasteiger partial charge in [-0.3, -0.25) is 0 Å². The van der Waals surface area contributed by atoms with Crippen molar-refractivity contribution in [1.29, 1.82) is 0 Å². The third-order valence-electron chi connectivity index (χ3n) is 3.21. The molecule has 21 heavy (non-hydrogen) atoms. The Morgan fingerprint density at radius 3 is 2.52 bits per heavy atom. The zero-order valence-corrected chi connectivity index (χ0v) is 13.9. The average molecular weight is 334 g/mol. The normalized spacial score (nSPS) is 24.0. The van der Waals surface area contributed by atoms with Gasteiger partial charge in [-0.05, 0) is 39.0 Å². The molecule has 1 aromatic rings. The molecule has 2 atom stereocenters. The molecule has 1 saturated heterocycles. The van der Waals surface area contributed by atoms with Crippen LogP contribution < -0.4 is 4.74 Å². The maximum Gasteiger partial charge on any atom is 0.246 e. The van der Waals surface area contributed by atoms with Gasteiger partial charge in [0, 0.05) is 18.1 Å². The summed E-state index contributed by atoms with van der Waals surface area (Å²) in [5, 5.41) is 0.367. The van der Waals surface area contributed by atoms with Crippen LogP contribution in [0.1, 0.15) is 20.8 Å². The first-order chi connectivity index (χ1) is 9.84. The lowest BCUT2D eigenvalue weighted by Crippen LogP contribution is -2.48. The predicted molar refractivity (Wildman–Crippen MR) is 81.4 cm³/mol. The molecule has 0 unspecified atom stereocenters. The van der Waals surface area contributed by atoms with Crippen molar-refractivity contribution in [2.75, 3.05) is 19.7 Å². The number of hydrogen-bond acceptors (Lipinski definition) is 4. The van der Waals surface area contributed by atoms with Crippen LogP contribution in [0.25, 0.3) is 0 Å². The maximum absolute atomic E-state index is 12.9. The van der Waals surface area contributed by atoms with E-state index in [0.717, 1.165) is 0 Å². The summed E-state index contributed by atoms with van der Waals surface area (Å²) in [5.41, 5.74) is 0. The molecule has 1 aliphatic rings. The molecule has 0 aliphatic carbocycles. The molecule has 0 amide bonds. The van der Waals surface area contributed by atoms with Crippen molar-refractivity contribution in [2.24, 2.45) is 0 Å². The first kappa shape index (κ1) is 16.5. The number of rotatable bonds is 4. The van der Waals surface area contributed by atoms with Crippen LogP contribution >= 0.6 is 11.6 Å². The molecule has 1 aromatic carbocycles. The molecule has 1 fully saturated rings. The molecule has 0 radical (unpaired) electrons. The highest BCUT2D eigenvalue weighted by Crippen LogP contribution is 2.31. The summed E-state index contributed by atoms with van der Waals surface area (Å²) in [6.07, 6.45) is -0.281. The monoisotopic (exact) mass is 333 g/mol. The van der Waals surface area contributed by atoms with Crippen LogP contribution in [0, 0.1) is 0 Å². The van der Waals surface area contributed by atoms with E-state index < -0.39 is 10.0 Å². The first-order valence-electron chi connectivity index (χ1n) is 6.92. The van der Waals surface area contributed by atoms with Crippen molar-refractivity contribution in [3.8, 4) is 5.75 Å². The average Bonchev–Trinajstić information content (AvgIpc) is 2.40. The summed E-state index contributed by atoms with van der Waals surface area (Å²) in [4.78, 5) is 0.109. The van der Waals surface area contributed by atoms with Gasteiger partial charge in [0.15, 0.2) is 0 Å². The molecular formula is C14H20ClNO4S. The van der Waals surface area contributed by atoms with E-state index in [9.17, 15) is 8.42 Å². The van der Waals surface area contributed by atoms with Gasteiger partial charge in [0.2, 0.25) is 10.0 Å². The molecule has 0 N–H and O–H groups in total. The van der Waals surface area contributed by atoms with E-state index in [1.165, 1.54) is 10.4 Å². The maximum atomic E-state index is 12.9. The minimum Gasteiger partial charge on any atom is -0.492 e. The van der Waals surface area contributed by atoms with Crippen molar-refractivity contribution in [3.63, 3.8) is 0 Å². The molecule has 1 aliphatic heterocycles. The quantitative estimate of drug-likeness (QED) is 0.849. The van der Waals surface area contributed by atoms with Gasteiger partial charge in [-0.25, -0.2) is 8.42 Å². The van der Waals surface area contributed by atoms with Gasteiger partial charge in [-0.15, -0.1) is 0 Å². The van der Waals surface area contributed by atoms with Crippen LogP contribution in [-0.2, 0) is 14.8 Å². The van der Waals surface area contributed by atoms with Crippen molar-refractivity contribution < 1.29 is 17.9 Å². The Hall–Kier alpha value is -0.820. The van der Waals surface area contributed by atoms with Crippen LogP contribution in [0.3, 0.4) is 0 Å². The highest BCUT2D eigenvalue weighted by Gasteiger charge is 2.34. The number of ether oxygens (including phenoxy) is 2. The minimum absolute atomic E-state index is 0.109. The van der Waals surface area contributed by atoms with Crippen molar-refractivity contribution in [2.45, 2.75) is 37.9 Å². The predicted octanol–water partition coefficient (Wildman–Crippen LogP) is 2.54. The topological polar surface area (TPSA) is 55.8 Å². The van der Waals surface area contributed by atoms with Crippen LogP contribution in [0.4, 0.5) is 0 Å². The Bertz CT molecular complexity index is 595. The molecule has 0 bridgehead atoms. The van der Waals surface area contributed by atoms with E-state index in [1.54, 1.807) is 12.1 Å². The van der Waals surface area contributed by atoms with Gasteiger partial charge >= 0.3 is 0 Å². The van der Waals surface area contributed by atoms with Gasteiger partial charge in [0.05, 0.1) is 18.8 Å². The molecule has 7 heteroatoms. The Kier molecular flexibility index (Phi) is 5.14. The SMILES string of the molecule is CCOc1ccc(Cl)cc1S(=O)(=O)N1C[C@@H](C)O[C@H](C)C1. The van der Waals surface area contributed by atoms with Crippen LogP contribution in [0.5, 0.6) is 5.75 Å². The summed E-state index contributed by atoms with van der Waals surface area (Å²) in [5.74, 6) is 0.327. The second kappa shape index (κ2) is 6.52. The second-order valence-corrected chi connectivity index (χ2v) is 7.45. The minimum atomic E-state index is -3.66. The smallest absolute Gasteiger partial charge is 0.246 e. The third-order valence-corrected chi connectivity index (χ3v) is 5.30. The van der Waals surface area contributed by atoms with E-state index in [2.05, 4.69) is 0 Å². The summed E-state index contributed by atoms with van der Waals surface area (Å²) < 4.78 is 38.2. The third kappa shape index (κ3) is 3.69. The first-order valence-corrected chi connectivity index (χ1v) is 8.74. The molecule has 0 spiro atoms. The Balaban J connectivity index is 2.41. The Morgan fingerprint density at radius 2 is 1.95 bits per heavy atom. The zero-order chi connectivity index (χ0) is 15.6. The van der Waals surface area contributed by atoms with E-state index >= 15 is 0 Å². The molecule has 1 heterocycles. The highest BCUT2D eigenvalue weighted by molar-refractivity contribution is 7.89. The summed E-state index contributed by atoms with van der Waals surface area (Å²) in [6.45, 7) is 6.57. The summed E-state index contributed by atoms with van der Waals surface area (Å²) in [7, 11) is -3.66. The van der Waals surface area contributed by atoms with Gasteiger partial charge in [-0.1, -0.05) is 11.6 Å². The fraction of sp³-hybridized carbons (Fsp3) is 0.571. The molecule has 118 valence electrons.